The molecule has 3 rings (SSSR count). The minimum absolute atomic E-state index is 0.266. The maximum absolute atomic E-state index is 5.45. The van der Waals surface area contributed by atoms with E-state index in [4.69, 9.17) is 4.74 Å². The number of para-hydroxylation sites is 1. The van der Waals surface area contributed by atoms with Gasteiger partial charge in [-0.25, -0.2) is 0 Å². The maximum Gasteiger partial charge on any atom is 0.126 e. The molecule has 1 N–H and O–H groups in total. The van der Waals surface area contributed by atoms with E-state index in [0.29, 0.717) is 0 Å². The van der Waals surface area contributed by atoms with Crippen molar-refractivity contribution in [2.45, 2.75) is 26.4 Å². The molecule has 0 aliphatic heterocycles. The summed E-state index contributed by atoms with van der Waals surface area (Å²) in [7, 11) is 3.67. The van der Waals surface area contributed by atoms with Crippen molar-refractivity contribution in [1.82, 2.24) is 15.1 Å². The summed E-state index contributed by atoms with van der Waals surface area (Å²) in [4.78, 5) is 0. The van der Waals surface area contributed by atoms with Gasteiger partial charge in [-0.2, -0.15) is 5.10 Å². The number of ether oxygens (including phenoxy) is 1. The lowest BCUT2D eigenvalue weighted by Crippen LogP contribution is -2.18. The number of aromatic nitrogens is 2. The van der Waals surface area contributed by atoms with Crippen LogP contribution in [0.5, 0.6) is 5.75 Å². The van der Waals surface area contributed by atoms with Crippen molar-refractivity contribution < 1.29 is 4.74 Å². The topological polar surface area (TPSA) is 39.1 Å². The molecule has 4 heteroatoms. The summed E-state index contributed by atoms with van der Waals surface area (Å²) in [5, 5.41) is 7.99. The molecule has 0 saturated carbocycles. The van der Waals surface area contributed by atoms with E-state index in [1.165, 1.54) is 11.1 Å². The molecule has 0 amide bonds. The van der Waals surface area contributed by atoms with Crippen molar-refractivity contribution >= 4 is 0 Å². The number of nitrogens with one attached hydrogen (secondary N) is 1. The first-order valence-corrected chi connectivity index (χ1v) is 8.54. The Hall–Kier alpha value is -2.59. The molecule has 0 spiro atoms. The maximum atomic E-state index is 5.45. The fourth-order valence-electron chi connectivity index (χ4n) is 3.11. The van der Waals surface area contributed by atoms with Gasteiger partial charge in [-0.1, -0.05) is 42.5 Å². The molecule has 4 nitrogen and oxygen atoms in total. The van der Waals surface area contributed by atoms with Gasteiger partial charge in [0.1, 0.15) is 5.75 Å². The molecule has 1 unspecified atom stereocenters. The fourth-order valence-corrected chi connectivity index (χ4v) is 3.11. The SMILES string of the molecule is COc1ccccc1-c1ccc(CNC(C)c2cn(C)nc2C)cc1. The van der Waals surface area contributed by atoms with Crippen LogP contribution in [0, 0.1) is 6.92 Å². The van der Waals surface area contributed by atoms with Crippen LogP contribution in [0.15, 0.2) is 54.7 Å². The highest BCUT2D eigenvalue weighted by atomic mass is 16.5. The summed E-state index contributed by atoms with van der Waals surface area (Å²) in [5.41, 5.74) is 5.86. The summed E-state index contributed by atoms with van der Waals surface area (Å²) in [6.07, 6.45) is 2.08. The zero-order valence-corrected chi connectivity index (χ0v) is 15.3. The Morgan fingerprint density at radius 3 is 2.48 bits per heavy atom. The first kappa shape index (κ1) is 17.2. The second-order valence-electron chi connectivity index (χ2n) is 6.34. The van der Waals surface area contributed by atoms with Crippen LogP contribution in [0.3, 0.4) is 0 Å². The molecule has 0 fully saturated rings. The van der Waals surface area contributed by atoms with Gasteiger partial charge >= 0.3 is 0 Å². The first-order chi connectivity index (χ1) is 12.1. The Labute approximate surface area is 149 Å². The Morgan fingerprint density at radius 1 is 1.12 bits per heavy atom. The van der Waals surface area contributed by atoms with E-state index in [2.05, 4.69) is 60.8 Å². The third-order valence-corrected chi connectivity index (χ3v) is 4.50. The summed E-state index contributed by atoms with van der Waals surface area (Å²) in [5.74, 6) is 0.897. The van der Waals surface area contributed by atoms with Gasteiger partial charge < -0.3 is 10.1 Å². The van der Waals surface area contributed by atoms with Gasteiger partial charge in [-0.3, -0.25) is 4.68 Å². The fraction of sp³-hybridized carbons (Fsp3) is 0.286. The number of hydrogen-bond acceptors (Lipinski definition) is 3. The van der Waals surface area contributed by atoms with Gasteiger partial charge in [0.05, 0.1) is 12.8 Å². The van der Waals surface area contributed by atoms with E-state index in [0.717, 1.165) is 29.1 Å². The Bertz CT molecular complexity index is 837. The molecule has 0 bridgehead atoms. The van der Waals surface area contributed by atoms with Crippen molar-refractivity contribution in [3.63, 3.8) is 0 Å². The van der Waals surface area contributed by atoms with Crippen LogP contribution < -0.4 is 10.1 Å². The lowest BCUT2D eigenvalue weighted by atomic mass is 10.0. The summed E-state index contributed by atoms with van der Waals surface area (Å²) < 4.78 is 7.32. The largest absolute Gasteiger partial charge is 0.496 e. The number of hydrogen-bond donors (Lipinski definition) is 1. The third kappa shape index (κ3) is 3.91. The highest BCUT2D eigenvalue weighted by Gasteiger charge is 2.11. The van der Waals surface area contributed by atoms with Crippen molar-refractivity contribution in [3.05, 3.63) is 71.5 Å². The zero-order chi connectivity index (χ0) is 17.8. The van der Waals surface area contributed by atoms with Crippen LogP contribution >= 0.6 is 0 Å². The van der Waals surface area contributed by atoms with E-state index < -0.39 is 0 Å². The van der Waals surface area contributed by atoms with Gasteiger partial charge in [0.25, 0.3) is 0 Å². The monoisotopic (exact) mass is 335 g/mol. The van der Waals surface area contributed by atoms with E-state index in [9.17, 15) is 0 Å². The highest BCUT2D eigenvalue weighted by molar-refractivity contribution is 5.70. The van der Waals surface area contributed by atoms with Crippen LogP contribution in [0.25, 0.3) is 11.1 Å². The quantitative estimate of drug-likeness (QED) is 0.732. The average Bonchev–Trinajstić information content (AvgIpc) is 2.98. The molecular weight excluding hydrogens is 310 g/mol. The first-order valence-electron chi connectivity index (χ1n) is 8.54. The summed E-state index contributed by atoms with van der Waals surface area (Å²) in [6, 6.07) is 17.0. The molecule has 0 aliphatic rings. The molecule has 1 atom stereocenters. The molecular formula is C21H25N3O. The standard InChI is InChI=1S/C21H25N3O/c1-15(20-14-24(3)23-16(20)2)22-13-17-9-11-18(12-10-17)19-7-5-6-8-21(19)25-4/h5-12,14-15,22H,13H2,1-4H3. The predicted octanol–water partition coefficient (Wildman–Crippen LogP) is 4.25. The van der Waals surface area contributed by atoms with Crippen LogP contribution in [0.1, 0.15) is 29.8 Å². The minimum atomic E-state index is 0.266. The van der Waals surface area contributed by atoms with Crippen LogP contribution in [0.2, 0.25) is 0 Å². The third-order valence-electron chi connectivity index (χ3n) is 4.50. The molecule has 1 aromatic heterocycles. The number of benzene rings is 2. The van der Waals surface area contributed by atoms with E-state index in [-0.39, 0.29) is 6.04 Å². The normalized spacial score (nSPS) is 12.2. The van der Waals surface area contributed by atoms with Crippen LogP contribution in [-0.2, 0) is 13.6 Å². The Morgan fingerprint density at radius 2 is 1.84 bits per heavy atom. The van der Waals surface area contributed by atoms with Crippen molar-refractivity contribution in [1.29, 1.82) is 0 Å². The molecule has 1 heterocycles. The molecule has 0 saturated heterocycles. The van der Waals surface area contributed by atoms with Crippen LogP contribution in [0.4, 0.5) is 0 Å². The average molecular weight is 335 g/mol. The Kier molecular flexibility index (Phi) is 5.19. The number of nitrogens with zero attached hydrogens (tertiary/aromatic N) is 2. The van der Waals surface area contributed by atoms with Gasteiger partial charge in [-0.15, -0.1) is 0 Å². The molecule has 2 aromatic carbocycles. The van der Waals surface area contributed by atoms with Crippen molar-refractivity contribution in [3.8, 4) is 16.9 Å². The lowest BCUT2D eigenvalue weighted by Gasteiger charge is -2.14. The number of aryl methyl sites for hydroxylation is 2. The Balaban J connectivity index is 1.68. The molecule has 0 aliphatic carbocycles. The van der Waals surface area contributed by atoms with Gasteiger partial charge in [0.2, 0.25) is 0 Å². The zero-order valence-electron chi connectivity index (χ0n) is 15.3. The van der Waals surface area contributed by atoms with Crippen molar-refractivity contribution in [2.24, 2.45) is 7.05 Å². The second-order valence-corrected chi connectivity index (χ2v) is 6.34. The lowest BCUT2D eigenvalue weighted by molar-refractivity contribution is 0.416. The van der Waals surface area contributed by atoms with E-state index in [1.807, 2.05) is 29.9 Å². The van der Waals surface area contributed by atoms with Gasteiger partial charge in [0.15, 0.2) is 0 Å². The molecule has 0 radical (unpaired) electrons. The van der Waals surface area contributed by atoms with Gasteiger partial charge in [0, 0.05) is 37.0 Å². The summed E-state index contributed by atoms with van der Waals surface area (Å²) in [6.45, 7) is 5.05. The number of methoxy groups -OCH3 is 1. The van der Waals surface area contributed by atoms with E-state index >= 15 is 0 Å². The number of rotatable bonds is 6. The smallest absolute Gasteiger partial charge is 0.126 e. The molecule has 130 valence electrons. The highest BCUT2D eigenvalue weighted by Crippen LogP contribution is 2.29. The van der Waals surface area contributed by atoms with Crippen molar-refractivity contribution in [2.75, 3.05) is 7.11 Å². The molecule has 3 aromatic rings. The molecule has 25 heavy (non-hydrogen) atoms. The van der Waals surface area contributed by atoms with Crippen LogP contribution in [-0.4, -0.2) is 16.9 Å². The summed E-state index contributed by atoms with van der Waals surface area (Å²) >= 11 is 0. The predicted molar refractivity (Wildman–Crippen MR) is 102 cm³/mol. The van der Waals surface area contributed by atoms with E-state index in [1.54, 1.807) is 7.11 Å². The second kappa shape index (κ2) is 7.53. The minimum Gasteiger partial charge on any atom is -0.496 e. The van der Waals surface area contributed by atoms with Gasteiger partial charge in [-0.05, 0) is 31.0 Å².